The lowest BCUT2D eigenvalue weighted by molar-refractivity contribution is 0.286. The average molecular weight is 260 g/mol. The first kappa shape index (κ1) is 14.1. The summed E-state index contributed by atoms with van der Waals surface area (Å²) in [6.07, 6.45) is 3.41. The number of hydrogen-bond acceptors (Lipinski definition) is 3. The lowest BCUT2D eigenvalue weighted by atomic mass is 10.1. The number of nitriles is 1. The van der Waals surface area contributed by atoms with Gasteiger partial charge >= 0.3 is 0 Å². The van der Waals surface area contributed by atoms with E-state index in [2.05, 4.69) is 43.1 Å². The molecule has 1 aliphatic rings. The van der Waals surface area contributed by atoms with Crippen molar-refractivity contribution in [2.75, 3.05) is 33.7 Å². The highest BCUT2D eigenvalue weighted by Crippen LogP contribution is 2.20. The molecule has 0 saturated carbocycles. The lowest BCUT2D eigenvalue weighted by Crippen LogP contribution is -2.25. The van der Waals surface area contributed by atoms with Crippen molar-refractivity contribution in [3.8, 4) is 6.07 Å². The minimum atomic E-state index is 0.779. The van der Waals surface area contributed by atoms with Gasteiger partial charge in [-0.1, -0.05) is 0 Å². The third-order valence-corrected chi connectivity index (χ3v) is 3.81. The number of aromatic nitrogens is 1. The molecule has 2 rings (SSSR count). The predicted octanol–water partition coefficient (Wildman–Crippen LogP) is 1.76. The Bertz CT molecular complexity index is 455. The number of hydrogen-bond donors (Lipinski definition) is 0. The molecule has 0 amide bonds. The summed E-state index contributed by atoms with van der Waals surface area (Å²) >= 11 is 0. The lowest BCUT2D eigenvalue weighted by Gasteiger charge is -2.17. The zero-order valence-electron chi connectivity index (χ0n) is 12.3. The van der Waals surface area contributed by atoms with Gasteiger partial charge in [-0.15, -0.1) is 0 Å². The molecule has 1 aliphatic heterocycles. The Balaban J connectivity index is 1.92. The first-order valence-corrected chi connectivity index (χ1v) is 7.08. The van der Waals surface area contributed by atoms with Crippen molar-refractivity contribution in [3.05, 3.63) is 23.5 Å². The molecule has 0 aromatic carbocycles. The quantitative estimate of drug-likeness (QED) is 0.809. The van der Waals surface area contributed by atoms with Gasteiger partial charge in [0.15, 0.2) is 0 Å². The Morgan fingerprint density at radius 2 is 2.26 bits per heavy atom. The molecule has 0 radical (unpaired) electrons. The van der Waals surface area contributed by atoms with Gasteiger partial charge in [-0.05, 0) is 51.5 Å². The van der Waals surface area contributed by atoms with Gasteiger partial charge in [0.25, 0.3) is 0 Å². The zero-order chi connectivity index (χ0) is 13.8. The number of likely N-dealkylation sites (tertiary alicyclic amines) is 1. The SMILES string of the molecule is CCn1cc(CN2CC[C@H](CN(C)C)C2)cc1C#N. The van der Waals surface area contributed by atoms with Crippen molar-refractivity contribution < 1.29 is 0 Å². The van der Waals surface area contributed by atoms with E-state index in [0.29, 0.717) is 0 Å². The summed E-state index contributed by atoms with van der Waals surface area (Å²) in [4.78, 5) is 4.78. The minimum absolute atomic E-state index is 0.779. The van der Waals surface area contributed by atoms with E-state index in [1.807, 2.05) is 10.6 Å². The Kier molecular flexibility index (Phi) is 4.62. The van der Waals surface area contributed by atoms with Crippen LogP contribution >= 0.6 is 0 Å². The van der Waals surface area contributed by atoms with Crippen LogP contribution in [0.3, 0.4) is 0 Å². The molecule has 1 aromatic heterocycles. The summed E-state index contributed by atoms with van der Waals surface area (Å²) < 4.78 is 2.03. The van der Waals surface area contributed by atoms with Gasteiger partial charge < -0.3 is 9.47 Å². The number of nitrogens with zero attached hydrogens (tertiary/aromatic N) is 4. The topological polar surface area (TPSA) is 35.2 Å². The highest BCUT2D eigenvalue weighted by atomic mass is 15.2. The van der Waals surface area contributed by atoms with Gasteiger partial charge in [0.1, 0.15) is 11.8 Å². The highest BCUT2D eigenvalue weighted by Gasteiger charge is 2.23. The van der Waals surface area contributed by atoms with E-state index in [0.717, 1.165) is 24.7 Å². The summed E-state index contributed by atoms with van der Waals surface area (Å²) in [7, 11) is 4.28. The van der Waals surface area contributed by atoms with Gasteiger partial charge in [-0.2, -0.15) is 5.26 Å². The molecular formula is C15H24N4. The fraction of sp³-hybridized carbons (Fsp3) is 0.667. The van der Waals surface area contributed by atoms with Crippen LogP contribution in [-0.4, -0.2) is 48.1 Å². The van der Waals surface area contributed by atoms with Gasteiger partial charge in [-0.3, -0.25) is 4.90 Å². The van der Waals surface area contributed by atoms with Crippen LogP contribution in [0.4, 0.5) is 0 Å². The van der Waals surface area contributed by atoms with E-state index in [1.165, 1.54) is 31.6 Å². The highest BCUT2D eigenvalue weighted by molar-refractivity contribution is 5.28. The predicted molar refractivity (Wildman–Crippen MR) is 76.8 cm³/mol. The molecule has 1 fully saturated rings. The molecule has 104 valence electrons. The smallest absolute Gasteiger partial charge is 0.120 e. The van der Waals surface area contributed by atoms with E-state index < -0.39 is 0 Å². The molecule has 0 spiro atoms. The Morgan fingerprint density at radius 3 is 2.84 bits per heavy atom. The van der Waals surface area contributed by atoms with Crippen LogP contribution in [0.5, 0.6) is 0 Å². The molecule has 0 N–H and O–H groups in total. The molecule has 4 heteroatoms. The second-order valence-electron chi connectivity index (χ2n) is 5.78. The third kappa shape index (κ3) is 3.59. The first-order valence-electron chi connectivity index (χ1n) is 7.08. The van der Waals surface area contributed by atoms with E-state index >= 15 is 0 Å². The Labute approximate surface area is 116 Å². The summed E-state index contributed by atoms with van der Waals surface area (Å²) in [6.45, 7) is 7.45. The van der Waals surface area contributed by atoms with Crippen LogP contribution in [0.25, 0.3) is 0 Å². The van der Waals surface area contributed by atoms with Gasteiger partial charge in [0.05, 0.1) is 0 Å². The maximum Gasteiger partial charge on any atom is 0.120 e. The second-order valence-corrected chi connectivity index (χ2v) is 5.78. The van der Waals surface area contributed by atoms with E-state index in [1.54, 1.807) is 0 Å². The molecule has 1 aromatic rings. The second kappa shape index (κ2) is 6.23. The summed E-state index contributed by atoms with van der Waals surface area (Å²) in [6, 6.07) is 4.29. The van der Waals surface area contributed by atoms with Crippen LogP contribution in [-0.2, 0) is 13.1 Å². The summed E-state index contributed by atoms with van der Waals surface area (Å²) in [5.74, 6) is 0.790. The molecule has 0 bridgehead atoms. The Morgan fingerprint density at radius 1 is 1.47 bits per heavy atom. The molecule has 4 nitrogen and oxygen atoms in total. The minimum Gasteiger partial charge on any atom is -0.339 e. The maximum absolute atomic E-state index is 9.07. The number of rotatable bonds is 5. The molecular weight excluding hydrogens is 236 g/mol. The van der Waals surface area contributed by atoms with Crippen molar-refractivity contribution in [1.82, 2.24) is 14.4 Å². The van der Waals surface area contributed by atoms with Crippen molar-refractivity contribution in [2.45, 2.75) is 26.4 Å². The molecule has 2 heterocycles. The monoisotopic (exact) mass is 260 g/mol. The van der Waals surface area contributed by atoms with Crippen LogP contribution in [0.2, 0.25) is 0 Å². The first-order chi connectivity index (χ1) is 9.12. The Hall–Kier alpha value is -1.31. The van der Waals surface area contributed by atoms with Crippen molar-refractivity contribution in [3.63, 3.8) is 0 Å². The van der Waals surface area contributed by atoms with Crippen molar-refractivity contribution in [1.29, 1.82) is 5.26 Å². The summed E-state index contributed by atoms with van der Waals surface area (Å²) in [5.41, 5.74) is 2.05. The fourth-order valence-electron chi connectivity index (χ4n) is 2.99. The van der Waals surface area contributed by atoms with Crippen LogP contribution in [0, 0.1) is 17.2 Å². The van der Waals surface area contributed by atoms with E-state index in [9.17, 15) is 0 Å². The maximum atomic E-state index is 9.07. The van der Waals surface area contributed by atoms with Crippen LogP contribution in [0.1, 0.15) is 24.6 Å². The van der Waals surface area contributed by atoms with E-state index in [4.69, 9.17) is 5.26 Å². The third-order valence-electron chi connectivity index (χ3n) is 3.81. The fourth-order valence-corrected chi connectivity index (χ4v) is 2.99. The average Bonchev–Trinajstić information content (AvgIpc) is 2.95. The molecule has 19 heavy (non-hydrogen) atoms. The van der Waals surface area contributed by atoms with Crippen molar-refractivity contribution >= 4 is 0 Å². The molecule has 1 atom stereocenters. The molecule has 1 saturated heterocycles. The molecule has 0 aliphatic carbocycles. The van der Waals surface area contributed by atoms with Gasteiger partial charge in [-0.25, -0.2) is 0 Å². The van der Waals surface area contributed by atoms with Gasteiger partial charge in [0, 0.05) is 32.4 Å². The van der Waals surface area contributed by atoms with Crippen molar-refractivity contribution in [2.24, 2.45) is 5.92 Å². The standard InChI is InChI=1S/C15H24N4/c1-4-19-12-14(7-15(19)8-16)11-18-6-5-13(10-18)9-17(2)3/h7,12-13H,4-6,9-11H2,1-3H3/t13-/m1/s1. The van der Waals surface area contributed by atoms with Crippen LogP contribution in [0.15, 0.2) is 12.3 Å². The van der Waals surface area contributed by atoms with Gasteiger partial charge in [0.2, 0.25) is 0 Å². The number of aryl methyl sites for hydroxylation is 1. The zero-order valence-corrected chi connectivity index (χ0v) is 12.3. The van der Waals surface area contributed by atoms with E-state index in [-0.39, 0.29) is 0 Å². The summed E-state index contributed by atoms with van der Waals surface area (Å²) in [5, 5.41) is 9.07. The molecule has 0 unspecified atom stereocenters. The van der Waals surface area contributed by atoms with Crippen LogP contribution < -0.4 is 0 Å². The largest absolute Gasteiger partial charge is 0.339 e. The normalized spacial score (nSPS) is 20.1.